The maximum atomic E-state index is 11.1. The number of nitrogens with two attached hydrogens (primary N) is 2. The van der Waals surface area contributed by atoms with Crippen molar-refractivity contribution in [2.24, 2.45) is 17.4 Å². The Morgan fingerprint density at radius 2 is 1.88 bits per heavy atom. The smallest absolute Gasteiger partial charge is 0.222 e. The predicted octanol–water partition coefficient (Wildman–Crippen LogP) is 1.49. The molecule has 26 heavy (non-hydrogen) atoms. The van der Waals surface area contributed by atoms with Crippen molar-refractivity contribution in [3.63, 3.8) is 0 Å². The van der Waals surface area contributed by atoms with E-state index in [9.17, 15) is 9.59 Å². The van der Waals surface area contributed by atoms with E-state index < -0.39 is 0 Å². The van der Waals surface area contributed by atoms with E-state index in [1.54, 1.807) is 18.2 Å². The third kappa shape index (κ3) is 5.87. The van der Waals surface area contributed by atoms with Crippen LogP contribution in [0.15, 0.2) is 35.8 Å². The first-order valence-electron chi connectivity index (χ1n) is 8.66. The molecule has 6 N–H and O–H groups in total. The first-order valence-corrected chi connectivity index (χ1v) is 8.66. The number of amides is 2. The van der Waals surface area contributed by atoms with Crippen LogP contribution in [0.2, 0.25) is 0 Å². The van der Waals surface area contributed by atoms with Crippen molar-refractivity contribution >= 4 is 17.6 Å². The van der Waals surface area contributed by atoms with Gasteiger partial charge in [0.25, 0.3) is 0 Å². The fourth-order valence-corrected chi connectivity index (χ4v) is 3.14. The van der Waals surface area contributed by atoms with Gasteiger partial charge in [-0.3, -0.25) is 9.59 Å². The largest absolute Gasteiger partial charge is 0.402 e. The molecule has 8 nitrogen and oxygen atoms in total. The Balaban J connectivity index is 2.01. The minimum atomic E-state index is -0.218. The van der Waals surface area contributed by atoms with Crippen LogP contribution in [0.1, 0.15) is 51.1 Å². The van der Waals surface area contributed by atoms with Gasteiger partial charge in [-0.1, -0.05) is 6.42 Å². The molecule has 0 spiro atoms. The van der Waals surface area contributed by atoms with Crippen molar-refractivity contribution in [2.75, 3.05) is 5.32 Å². The summed E-state index contributed by atoms with van der Waals surface area (Å²) < 4.78 is 0. The molecule has 0 aromatic carbocycles. The molecule has 1 aromatic heterocycles. The van der Waals surface area contributed by atoms with E-state index in [2.05, 4.69) is 20.8 Å². The number of rotatable bonds is 5. The van der Waals surface area contributed by atoms with E-state index in [4.69, 9.17) is 11.5 Å². The van der Waals surface area contributed by atoms with Gasteiger partial charge in [-0.15, -0.1) is 5.10 Å². The third-order valence-electron chi connectivity index (χ3n) is 4.33. The van der Waals surface area contributed by atoms with E-state index in [0.29, 0.717) is 5.82 Å². The summed E-state index contributed by atoms with van der Waals surface area (Å²) in [6, 6.07) is 3.67. The Labute approximate surface area is 153 Å². The Bertz CT molecular complexity index is 711. The fourth-order valence-electron chi connectivity index (χ4n) is 3.14. The highest BCUT2D eigenvalue weighted by Crippen LogP contribution is 2.37. The fraction of sp³-hybridized carbons (Fsp3) is 0.444. The number of nitrogens with zero attached hydrogens (tertiary/aromatic N) is 2. The van der Waals surface area contributed by atoms with E-state index in [1.165, 1.54) is 13.8 Å². The summed E-state index contributed by atoms with van der Waals surface area (Å²) in [6.45, 7) is 2.83. The molecule has 1 aliphatic rings. The quantitative estimate of drug-likeness (QED) is 0.589. The molecular formula is C18H26N6O2. The molecular weight excluding hydrogens is 332 g/mol. The van der Waals surface area contributed by atoms with E-state index in [0.717, 1.165) is 37.1 Å². The number of carbonyl (C=O) groups is 2. The minimum absolute atomic E-state index is 0.172. The van der Waals surface area contributed by atoms with E-state index in [-0.39, 0.29) is 29.5 Å². The highest BCUT2D eigenvalue weighted by Gasteiger charge is 2.25. The Hall–Kier alpha value is -2.90. The zero-order valence-electron chi connectivity index (χ0n) is 15.2. The number of anilines is 1. The zero-order valence-corrected chi connectivity index (χ0v) is 15.2. The van der Waals surface area contributed by atoms with Crippen molar-refractivity contribution in [1.29, 1.82) is 0 Å². The second-order valence-corrected chi connectivity index (χ2v) is 6.55. The van der Waals surface area contributed by atoms with Crippen LogP contribution in [0.5, 0.6) is 0 Å². The van der Waals surface area contributed by atoms with Crippen LogP contribution in [0, 0.1) is 5.92 Å². The lowest BCUT2D eigenvalue weighted by Gasteiger charge is -2.29. The number of carbonyl (C=O) groups excluding carboxylic acids is 2. The lowest BCUT2D eigenvalue weighted by molar-refractivity contribution is -0.118. The van der Waals surface area contributed by atoms with Gasteiger partial charge in [0.05, 0.1) is 5.69 Å². The minimum Gasteiger partial charge on any atom is -0.402 e. The van der Waals surface area contributed by atoms with Gasteiger partial charge < -0.3 is 22.1 Å². The van der Waals surface area contributed by atoms with Crippen molar-refractivity contribution in [1.82, 2.24) is 15.5 Å². The molecule has 8 heteroatoms. The number of hydrogen-bond acceptors (Lipinski definition) is 6. The lowest BCUT2D eigenvalue weighted by atomic mass is 9.78. The summed E-state index contributed by atoms with van der Waals surface area (Å²) >= 11 is 0. The molecule has 2 rings (SSSR count). The highest BCUT2D eigenvalue weighted by molar-refractivity contribution is 5.87. The summed E-state index contributed by atoms with van der Waals surface area (Å²) in [5.41, 5.74) is 13.6. The van der Waals surface area contributed by atoms with Crippen molar-refractivity contribution in [3.05, 3.63) is 41.5 Å². The molecule has 2 unspecified atom stereocenters. The van der Waals surface area contributed by atoms with Crippen LogP contribution in [0.3, 0.4) is 0 Å². The number of aromatic nitrogens is 2. The molecule has 1 saturated carbocycles. The van der Waals surface area contributed by atoms with Crippen LogP contribution in [0.4, 0.5) is 5.82 Å². The number of allylic oxidation sites excluding steroid dienone is 3. The SMILES string of the molecule is CC(=O)N/C(N)=C/C=C(\N)C1CCCC(c2ccc(NC(C)=O)nn2)C1. The summed E-state index contributed by atoms with van der Waals surface area (Å²) in [5.74, 6) is 0.834. The van der Waals surface area contributed by atoms with E-state index in [1.807, 2.05) is 6.07 Å². The molecule has 1 fully saturated rings. The molecule has 2 amide bonds. The van der Waals surface area contributed by atoms with Gasteiger partial charge in [-0.2, -0.15) is 5.10 Å². The summed E-state index contributed by atoms with van der Waals surface area (Å²) in [5, 5.41) is 13.4. The monoisotopic (exact) mass is 358 g/mol. The number of nitrogens with one attached hydrogen (secondary N) is 2. The Morgan fingerprint density at radius 3 is 2.50 bits per heavy atom. The molecule has 0 saturated heterocycles. The molecule has 0 aliphatic heterocycles. The van der Waals surface area contributed by atoms with Crippen LogP contribution >= 0.6 is 0 Å². The standard InChI is InChI=1S/C18H26N6O2/c1-11(25)21-17(20)8-6-15(19)13-4-3-5-14(10-13)16-7-9-18(24-23-16)22-12(2)26/h6-9,13-14H,3-5,10,19-20H2,1-2H3,(H,21,25)(H,22,24,26)/b15-6-,17-8+. The summed E-state index contributed by atoms with van der Waals surface area (Å²) in [6.07, 6.45) is 7.33. The molecule has 1 heterocycles. The van der Waals surface area contributed by atoms with Crippen molar-refractivity contribution < 1.29 is 9.59 Å². The van der Waals surface area contributed by atoms with E-state index >= 15 is 0 Å². The first kappa shape index (κ1) is 19.4. The summed E-state index contributed by atoms with van der Waals surface area (Å²) in [7, 11) is 0. The van der Waals surface area contributed by atoms with Crippen LogP contribution < -0.4 is 22.1 Å². The molecule has 0 bridgehead atoms. The van der Waals surface area contributed by atoms with Gasteiger partial charge >= 0.3 is 0 Å². The van der Waals surface area contributed by atoms with Crippen LogP contribution in [-0.4, -0.2) is 22.0 Å². The van der Waals surface area contributed by atoms with Gasteiger partial charge in [-0.25, -0.2) is 0 Å². The van der Waals surface area contributed by atoms with Gasteiger partial charge in [-0.05, 0) is 49.5 Å². The molecule has 140 valence electrons. The molecule has 2 atom stereocenters. The third-order valence-corrected chi connectivity index (χ3v) is 4.33. The van der Waals surface area contributed by atoms with Crippen LogP contribution in [-0.2, 0) is 9.59 Å². The molecule has 0 radical (unpaired) electrons. The Morgan fingerprint density at radius 1 is 1.12 bits per heavy atom. The average Bonchev–Trinajstić information content (AvgIpc) is 2.59. The highest BCUT2D eigenvalue weighted by atomic mass is 16.2. The second-order valence-electron chi connectivity index (χ2n) is 6.55. The van der Waals surface area contributed by atoms with Gasteiger partial charge in [0.2, 0.25) is 11.8 Å². The van der Waals surface area contributed by atoms with Gasteiger partial charge in [0, 0.05) is 25.5 Å². The molecule has 1 aromatic rings. The molecule has 1 aliphatic carbocycles. The maximum absolute atomic E-state index is 11.1. The predicted molar refractivity (Wildman–Crippen MR) is 99.4 cm³/mol. The van der Waals surface area contributed by atoms with Crippen molar-refractivity contribution in [2.45, 2.75) is 45.4 Å². The first-order chi connectivity index (χ1) is 12.3. The maximum Gasteiger partial charge on any atom is 0.222 e. The normalized spacial score (nSPS) is 21.2. The van der Waals surface area contributed by atoms with Gasteiger partial charge in [0.15, 0.2) is 5.82 Å². The Kier molecular flexibility index (Phi) is 6.71. The van der Waals surface area contributed by atoms with Gasteiger partial charge in [0.1, 0.15) is 5.82 Å². The average molecular weight is 358 g/mol. The topological polar surface area (TPSA) is 136 Å². The van der Waals surface area contributed by atoms with Crippen molar-refractivity contribution in [3.8, 4) is 0 Å². The van der Waals surface area contributed by atoms with Crippen LogP contribution in [0.25, 0.3) is 0 Å². The lowest BCUT2D eigenvalue weighted by Crippen LogP contribution is -2.25. The second kappa shape index (κ2) is 8.98. The zero-order chi connectivity index (χ0) is 19.1. The summed E-state index contributed by atoms with van der Waals surface area (Å²) in [4.78, 5) is 22.0. The number of hydrogen-bond donors (Lipinski definition) is 4.